The number of carbonyl (C=O) groups is 2. The molecule has 4 rings (SSSR count). The number of amides is 2. The molecule has 2 amide bonds. The van der Waals surface area contributed by atoms with E-state index in [0.29, 0.717) is 5.69 Å². The van der Waals surface area contributed by atoms with E-state index < -0.39 is 11.8 Å². The zero-order valence-electron chi connectivity index (χ0n) is 18.8. The van der Waals surface area contributed by atoms with Gasteiger partial charge in [-0.25, -0.2) is 0 Å². The molecular formula is C26H25N3O2S. The molecule has 5 nitrogen and oxygen atoms in total. The summed E-state index contributed by atoms with van der Waals surface area (Å²) >= 11 is 5.32. The second kappa shape index (κ2) is 8.20. The zero-order chi connectivity index (χ0) is 23.2. The summed E-state index contributed by atoms with van der Waals surface area (Å²) in [6.45, 7) is 10.1. The third-order valence-electron chi connectivity index (χ3n) is 5.98. The number of nitrogens with zero attached hydrogens (tertiary/aromatic N) is 2. The van der Waals surface area contributed by atoms with Crippen molar-refractivity contribution in [2.45, 2.75) is 34.6 Å². The Labute approximate surface area is 193 Å². The minimum atomic E-state index is -0.485. The first-order valence-corrected chi connectivity index (χ1v) is 10.8. The van der Waals surface area contributed by atoms with Gasteiger partial charge >= 0.3 is 0 Å². The number of thiocarbonyl (C=S) groups is 1. The van der Waals surface area contributed by atoms with Crippen molar-refractivity contribution < 1.29 is 9.59 Å². The zero-order valence-corrected chi connectivity index (χ0v) is 19.6. The van der Waals surface area contributed by atoms with Gasteiger partial charge in [0.1, 0.15) is 5.57 Å². The molecule has 0 atom stereocenters. The van der Waals surface area contributed by atoms with E-state index in [1.54, 1.807) is 6.08 Å². The van der Waals surface area contributed by atoms with Crippen molar-refractivity contribution in [2.24, 2.45) is 0 Å². The molecule has 0 spiro atoms. The van der Waals surface area contributed by atoms with Gasteiger partial charge in [-0.1, -0.05) is 24.3 Å². The van der Waals surface area contributed by atoms with E-state index in [2.05, 4.69) is 41.9 Å². The van der Waals surface area contributed by atoms with Gasteiger partial charge in [-0.2, -0.15) is 0 Å². The van der Waals surface area contributed by atoms with Crippen molar-refractivity contribution in [3.05, 3.63) is 87.7 Å². The van der Waals surface area contributed by atoms with Crippen LogP contribution in [0.3, 0.4) is 0 Å². The summed E-state index contributed by atoms with van der Waals surface area (Å²) in [5.74, 6) is -0.912. The fourth-order valence-electron chi connectivity index (χ4n) is 4.04. The molecular weight excluding hydrogens is 418 g/mol. The van der Waals surface area contributed by atoms with E-state index in [1.807, 2.05) is 51.1 Å². The lowest BCUT2D eigenvalue weighted by Gasteiger charge is -2.30. The van der Waals surface area contributed by atoms with Crippen molar-refractivity contribution in [2.75, 3.05) is 4.90 Å². The molecule has 6 heteroatoms. The molecule has 1 saturated heterocycles. The standard InChI is InChI=1S/C26H25N3O2S/c1-15-10-11-21(12-17(15)3)28-18(4)13-20(19(28)5)14-22-24(30)27-26(32)29(25(22)31)23-9-7-6-8-16(23)2/h6-14H,1-5H3,(H,27,30,32)/b22-14+. The van der Waals surface area contributed by atoms with Gasteiger partial charge in [0, 0.05) is 17.1 Å². The summed E-state index contributed by atoms with van der Waals surface area (Å²) in [6, 6.07) is 15.8. The average Bonchev–Trinajstić information content (AvgIpc) is 3.01. The number of rotatable bonds is 3. The number of aryl methyl sites for hydroxylation is 4. The Morgan fingerprint density at radius 2 is 1.59 bits per heavy atom. The minimum Gasteiger partial charge on any atom is -0.318 e. The van der Waals surface area contributed by atoms with Crippen LogP contribution in [0.4, 0.5) is 5.69 Å². The van der Waals surface area contributed by atoms with Crippen LogP contribution in [0, 0.1) is 34.6 Å². The largest absolute Gasteiger partial charge is 0.318 e. The molecule has 1 aliphatic rings. The predicted molar refractivity (Wildman–Crippen MR) is 132 cm³/mol. The van der Waals surface area contributed by atoms with Crippen LogP contribution in [-0.2, 0) is 9.59 Å². The number of anilines is 1. The van der Waals surface area contributed by atoms with Crippen molar-refractivity contribution in [1.82, 2.24) is 9.88 Å². The summed E-state index contributed by atoms with van der Waals surface area (Å²) in [4.78, 5) is 27.5. The molecule has 0 radical (unpaired) electrons. The lowest BCUT2D eigenvalue weighted by atomic mass is 10.1. The van der Waals surface area contributed by atoms with Gasteiger partial charge < -0.3 is 4.57 Å². The van der Waals surface area contributed by atoms with Crippen molar-refractivity contribution in [1.29, 1.82) is 0 Å². The number of nitrogens with one attached hydrogen (secondary N) is 1. The molecule has 1 fully saturated rings. The molecule has 3 aromatic rings. The quantitative estimate of drug-likeness (QED) is 0.358. The fourth-order valence-corrected chi connectivity index (χ4v) is 4.32. The number of hydrogen-bond acceptors (Lipinski definition) is 3. The van der Waals surface area contributed by atoms with Crippen LogP contribution in [-0.4, -0.2) is 21.5 Å². The van der Waals surface area contributed by atoms with Crippen LogP contribution in [0.5, 0.6) is 0 Å². The first kappa shape index (κ1) is 21.7. The first-order chi connectivity index (χ1) is 15.2. The van der Waals surface area contributed by atoms with E-state index in [9.17, 15) is 9.59 Å². The lowest BCUT2D eigenvalue weighted by Crippen LogP contribution is -2.54. The smallest absolute Gasteiger partial charge is 0.270 e. The van der Waals surface area contributed by atoms with Crippen molar-refractivity contribution in [3.63, 3.8) is 0 Å². The highest BCUT2D eigenvalue weighted by atomic mass is 32.1. The van der Waals surface area contributed by atoms with Gasteiger partial charge in [0.15, 0.2) is 5.11 Å². The maximum atomic E-state index is 13.4. The summed E-state index contributed by atoms with van der Waals surface area (Å²) in [7, 11) is 0. The molecule has 32 heavy (non-hydrogen) atoms. The van der Waals surface area contributed by atoms with Crippen LogP contribution in [0.2, 0.25) is 0 Å². The predicted octanol–water partition coefficient (Wildman–Crippen LogP) is 4.85. The fraction of sp³-hybridized carbons (Fsp3) is 0.192. The minimum absolute atomic E-state index is 0.0576. The molecule has 1 aromatic heterocycles. The Kier molecular flexibility index (Phi) is 5.57. The van der Waals surface area contributed by atoms with Crippen molar-refractivity contribution in [3.8, 4) is 5.69 Å². The van der Waals surface area contributed by atoms with Crippen molar-refractivity contribution >= 4 is 40.9 Å². The summed E-state index contributed by atoms with van der Waals surface area (Å²) < 4.78 is 2.13. The average molecular weight is 444 g/mol. The summed E-state index contributed by atoms with van der Waals surface area (Å²) in [5.41, 5.74) is 7.89. The second-order valence-corrected chi connectivity index (χ2v) is 8.56. The second-order valence-electron chi connectivity index (χ2n) is 8.17. The monoisotopic (exact) mass is 443 g/mol. The number of aromatic nitrogens is 1. The highest BCUT2D eigenvalue weighted by Gasteiger charge is 2.35. The normalized spacial score (nSPS) is 15.5. The van der Waals surface area contributed by atoms with E-state index in [1.165, 1.54) is 16.0 Å². The SMILES string of the molecule is Cc1ccc(-n2c(C)cc(/C=C3\C(=O)NC(=S)N(c4ccccc4C)C3=O)c2C)cc1C. The van der Waals surface area contributed by atoms with E-state index in [-0.39, 0.29) is 10.7 Å². The Hall–Kier alpha value is -3.51. The van der Waals surface area contributed by atoms with E-state index in [4.69, 9.17) is 12.2 Å². The molecule has 0 saturated carbocycles. The summed E-state index contributed by atoms with van der Waals surface area (Å²) in [6.07, 6.45) is 1.66. The van der Waals surface area contributed by atoms with Gasteiger partial charge in [-0.3, -0.25) is 19.8 Å². The number of carbonyl (C=O) groups excluding carboxylic acids is 2. The Morgan fingerprint density at radius 3 is 2.28 bits per heavy atom. The summed E-state index contributed by atoms with van der Waals surface area (Å²) in [5, 5.41) is 2.75. The third-order valence-corrected chi connectivity index (χ3v) is 6.26. The van der Waals surface area contributed by atoms with Crippen LogP contribution in [0.15, 0.2) is 54.1 Å². The first-order valence-electron chi connectivity index (χ1n) is 10.4. The molecule has 162 valence electrons. The maximum Gasteiger partial charge on any atom is 0.270 e. The molecule has 0 bridgehead atoms. The van der Waals surface area contributed by atoms with Gasteiger partial charge in [-0.05, 0) is 99.4 Å². The van der Waals surface area contributed by atoms with Crippen LogP contribution in [0.1, 0.15) is 33.6 Å². The van der Waals surface area contributed by atoms with Gasteiger partial charge in [0.2, 0.25) is 0 Å². The van der Waals surface area contributed by atoms with Gasteiger partial charge in [0.05, 0.1) is 5.69 Å². The Morgan fingerprint density at radius 1 is 0.875 bits per heavy atom. The molecule has 2 aromatic carbocycles. The van der Waals surface area contributed by atoms with Gasteiger partial charge in [-0.15, -0.1) is 0 Å². The third kappa shape index (κ3) is 3.67. The molecule has 1 aliphatic heterocycles. The van der Waals surface area contributed by atoms with E-state index in [0.717, 1.165) is 28.2 Å². The number of hydrogen-bond donors (Lipinski definition) is 1. The van der Waals surface area contributed by atoms with Crippen LogP contribution < -0.4 is 10.2 Å². The van der Waals surface area contributed by atoms with Gasteiger partial charge in [0.25, 0.3) is 11.8 Å². The molecule has 2 heterocycles. The topological polar surface area (TPSA) is 54.3 Å². The number of benzene rings is 2. The lowest BCUT2D eigenvalue weighted by molar-refractivity contribution is -0.122. The van der Waals surface area contributed by atoms with Crippen LogP contribution in [0.25, 0.3) is 11.8 Å². The van der Waals surface area contributed by atoms with E-state index >= 15 is 0 Å². The molecule has 0 aliphatic carbocycles. The number of para-hydroxylation sites is 1. The maximum absolute atomic E-state index is 13.4. The molecule has 0 unspecified atom stereocenters. The Balaban J connectivity index is 1.78. The highest BCUT2D eigenvalue weighted by Crippen LogP contribution is 2.28. The highest BCUT2D eigenvalue weighted by molar-refractivity contribution is 7.80. The van der Waals surface area contributed by atoms with Crippen LogP contribution >= 0.6 is 12.2 Å². The molecule has 1 N–H and O–H groups in total. The Bertz CT molecular complexity index is 1320.